The van der Waals surface area contributed by atoms with E-state index >= 15 is 0 Å². The van der Waals surface area contributed by atoms with E-state index in [0.29, 0.717) is 39.4 Å². The van der Waals surface area contributed by atoms with Crippen molar-refractivity contribution in [3.8, 4) is 0 Å². The SMILES string of the molecule is Cc1ccc(CN(Cc2ccc(F)cc2)C(=O)CN(CCN2CCOCC2)C(=O)c2ccco2)s1. The fraction of sp³-hybridized carbons (Fsp3) is 0.385. The zero-order valence-corrected chi connectivity index (χ0v) is 20.6. The minimum absolute atomic E-state index is 0.0740. The second-order valence-corrected chi connectivity index (χ2v) is 9.92. The smallest absolute Gasteiger partial charge is 0.290 e. The molecule has 1 aromatic carbocycles. The Balaban J connectivity index is 1.50. The average molecular weight is 500 g/mol. The highest BCUT2D eigenvalue weighted by molar-refractivity contribution is 7.11. The summed E-state index contributed by atoms with van der Waals surface area (Å²) in [5.41, 5.74) is 0.824. The minimum atomic E-state index is -0.321. The van der Waals surface area contributed by atoms with Crippen LogP contribution in [0.15, 0.2) is 59.2 Å². The van der Waals surface area contributed by atoms with Crippen LogP contribution in [0.4, 0.5) is 4.39 Å². The minimum Gasteiger partial charge on any atom is -0.459 e. The second kappa shape index (κ2) is 12.1. The van der Waals surface area contributed by atoms with E-state index < -0.39 is 0 Å². The van der Waals surface area contributed by atoms with Gasteiger partial charge in [-0.2, -0.15) is 0 Å². The molecular weight excluding hydrogens is 469 g/mol. The summed E-state index contributed by atoms with van der Waals surface area (Å²) in [5, 5.41) is 0. The third-order valence-corrected chi connectivity index (χ3v) is 6.90. The fourth-order valence-electron chi connectivity index (χ4n) is 3.96. The molecule has 1 fully saturated rings. The molecule has 0 bridgehead atoms. The quantitative estimate of drug-likeness (QED) is 0.425. The number of hydrogen-bond donors (Lipinski definition) is 0. The monoisotopic (exact) mass is 499 g/mol. The first kappa shape index (κ1) is 25.1. The molecule has 7 nitrogen and oxygen atoms in total. The van der Waals surface area contributed by atoms with Crippen LogP contribution in [0.25, 0.3) is 0 Å². The molecule has 3 heterocycles. The largest absolute Gasteiger partial charge is 0.459 e. The lowest BCUT2D eigenvalue weighted by Gasteiger charge is -2.31. The molecule has 1 saturated heterocycles. The summed E-state index contributed by atoms with van der Waals surface area (Å²) in [5.74, 6) is -0.606. The molecule has 2 aromatic heterocycles. The van der Waals surface area contributed by atoms with Crippen LogP contribution < -0.4 is 0 Å². The molecule has 0 N–H and O–H groups in total. The maximum absolute atomic E-state index is 13.6. The van der Waals surface area contributed by atoms with Gasteiger partial charge in [-0.1, -0.05) is 12.1 Å². The van der Waals surface area contributed by atoms with Gasteiger partial charge in [-0.25, -0.2) is 4.39 Å². The number of ether oxygens (including phenoxy) is 1. The van der Waals surface area contributed by atoms with Gasteiger partial charge in [0.25, 0.3) is 5.91 Å². The third kappa shape index (κ3) is 7.24. The fourth-order valence-corrected chi connectivity index (χ4v) is 4.87. The second-order valence-electron chi connectivity index (χ2n) is 8.55. The first-order valence-electron chi connectivity index (χ1n) is 11.7. The standard InChI is InChI=1S/C26H30FN3O4S/c1-20-4-9-23(35-20)18-30(17-21-5-7-22(27)8-6-21)25(31)19-29(26(32)24-3-2-14-34-24)11-10-28-12-15-33-16-13-28/h2-9,14H,10-13,15-19H2,1H3. The predicted molar refractivity (Wildman–Crippen MR) is 132 cm³/mol. The summed E-state index contributed by atoms with van der Waals surface area (Å²) in [6.07, 6.45) is 1.45. The zero-order chi connectivity index (χ0) is 24.6. The zero-order valence-electron chi connectivity index (χ0n) is 19.8. The van der Waals surface area contributed by atoms with Crippen LogP contribution in [0.5, 0.6) is 0 Å². The molecule has 0 aliphatic carbocycles. The van der Waals surface area contributed by atoms with Crippen molar-refractivity contribution in [1.29, 1.82) is 0 Å². The van der Waals surface area contributed by atoms with E-state index in [1.54, 1.807) is 45.4 Å². The summed E-state index contributed by atoms with van der Waals surface area (Å²) < 4.78 is 24.2. The summed E-state index contributed by atoms with van der Waals surface area (Å²) in [4.78, 5) is 34.4. The lowest BCUT2D eigenvalue weighted by molar-refractivity contribution is -0.133. The first-order valence-corrected chi connectivity index (χ1v) is 12.5. The van der Waals surface area contributed by atoms with Crippen molar-refractivity contribution in [3.63, 3.8) is 0 Å². The van der Waals surface area contributed by atoms with Gasteiger partial charge in [0.05, 0.1) is 26.0 Å². The highest BCUT2D eigenvalue weighted by Gasteiger charge is 2.25. The van der Waals surface area contributed by atoms with E-state index in [4.69, 9.17) is 9.15 Å². The molecule has 0 radical (unpaired) electrons. The van der Waals surface area contributed by atoms with Crippen LogP contribution in [-0.2, 0) is 22.6 Å². The van der Waals surface area contributed by atoms with Crippen molar-refractivity contribution in [2.45, 2.75) is 20.0 Å². The van der Waals surface area contributed by atoms with Gasteiger partial charge < -0.3 is 19.0 Å². The number of furan rings is 1. The van der Waals surface area contributed by atoms with Gasteiger partial charge in [0, 0.05) is 42.5 Å². The van der Waals surface area contributed by atoms with Gasteiger partial charge in [0.2, 0.25) is 5.91 Å². The van der Waals surface area contributed by atoms with E-state index in [9.17, 15) is 14.0 Å². The van der Waals surface area contributed by atoms with Gasteiger partial charge in [-0.05, 0) is 48.9 Å². The highest BCUT2D eigenvalue weighted by Crippen LogP contribution is 2.19. The molecule has 1 aliphatic rings. The van der Waals surface area contributed by atoms with Crippen molar-refractivity contribution >= 4 is 23.2 Å². The maximum Gasteiger partial charge on any atom is 0.290 e. The van der Waals surface area contributed by atoms with Gasteiger partial charge in [-0.15, -0.1) is 11.3 Å². The number of aryl methyl sites for hydroxylation is 1. The summed E-state index contributed by atoms with van der Waals surface area (Å²) in [7, 11) is 0. The first-order chi connectivity index (χ1) is 17.0. The van der Waals surface area contributed by atoms with Crippen LogP contribution in [-0.4, -0.2) is 72.5 Å². The van der Waals surface area contributed by atoms with Gasteiger partial charge in [-0.3, -0.25) is 14.5 Å². The lowest BCUT2D eigenvalue weighted by Crippen LogP contribution is -2.47. The van der Waals surface area contributed by atoms with Crippen LogP contribution in [0.2, 0.25) is 0 Å². The van der Waals surface area contributed by atoms with Gasteiger partial charge >= 0.3 is 0 Å². The Labute approximate surface area is 208 Å². The van der Waals surface area contributed by atoms with E-state index in [-0.39, 0.29) is 29.9 Å². The van der Waals surface area contributed by atoms with E-state index in [1.165, 1.54) is 18.4 Å². The van der Waals surface area contributed by atoms with Crippen LogP contribution >= 0.6 is 11.3 Å². The molecule has 0 unspecified atom stereocenters. The number of benzene rings is 1. The number of carbonyl (C=O) groups is 2. The molecule has 4 rings (SSSR count). The normalized spacial score (nSPS) is 14.1. The molecule has 0 atom stereocenters. The number of rotatable bonds is 10. The molecule has 0 saturated carbocycles. The number of carbonyl (C=O) groups excluding carboxylic acids is 2. The van der Waals surface area contributed by atoms with Crippen molar-refractivity contribution in [3.05, 3.63) is 81.7 Å². The molecule has 0 spiro atoms. The lowest BCUT2D eigenvalue weighted by atomic mass is 10.2. The summed E-state index contributed by atoms with van der Waals surface area (Å²) >= 11 is 1.63. The molecule has 1 aliphatic heterocycles. The van der Waals surface area contributed by atoms with Gasteiger partial charge in [0.15, 0.2) is 5.76 Å². The molecule has 9 heteroatoms. The number of morpholine rings is 1. The van der Waals surface area contributed by atoms with Crippen LogP contribution in [0.1, 0.15) is 25.9 Å². The Morgan fingerprint density at radius 2 is 1.80 bits per heavy atom. The number of thiophene rings is 1. The summed E-state index contributed by atoms with van der Waals surface area (Å²) in [6, 6.07) is 13.4. The highest BCUT2D eigenvalue weighted by atomic mass is 32.1. The Bertz CT molecular complexity index is 1090. The van der Waals surface area contributed by atoms with Crippen molar-refractivity contribution in [1.82, 2.24) is 14.7 Å². The Morgan fingerprint density at radius 1 is 1.03 bits per heavy atom. The topological polar surface area (TPSA) is 66.2 Å². The molecule has 186 valence electrons. The number of amides is 2. The average Bonchev–Trinajstić information content (AvgIpc) is 3.55. The number of hydrogen-bond acceptors (Lipinski definition) is 6. The summed E-state index contributed by atoms with van der Waals surface area (Å²) in [6.45, 7) is 6.65. The van der Waals surface area contributed by atoms with Crippen molar-refractivity contribution in [2.24, 2.45) is 0 Å². The van der Waals surface area contributed by atoms with Crippen molar-refractivity contribution in [2.75, 3.05) is 45.9 Å². The van der Waals surface area contributed by atoms with E-state index in [1.807, 2.05) is 19.1 Å². The number of halogens is 1. The molecule has 35 heavy (non-hydrogen) atoms. The van der Waals surface area contributed by atoms with Crippen molar-refractivity contribution < 1.29 is 23.1 Å². The molecule has 2 amide bonds. The van der Waals surface area contributed by atoms with Crippen LogP contribution in [0.3, 0.4) is 0 Å². The van der Waals surface area contributed by atoms with E-state index in [0.717, 1.165) is 28.4 Å². The third-order valence-electron chi connectivity index (χ3n) is 5.92. The Hall–Kier alpha value is -3.01. The Morgan fingerprint density at radius 3 is 2.46 bits per heavy atom. The Kier molecular flexibility index (Phi) is 8.68. The molecular formula is C26H30FN3O4S. The van der Waals surface area contributed by atoms with Crippen LogP contribution in [0, 0.1) is 12.7 Å². The van der Waals surface area contributed by atoms with Gasteiger partial charge in [0.1, 0.15) is 12.4 Å². The maximum atomic E-state index is 13.6. The van der Waals surface area contributed by atoms with E-state index in [2.05, 4.69) is 4.90 Å². The molecule has 3 aromatic rings. The number of nitrogens with zero attached hydrogens (tertiary/aromatic N) is 3. The predicted octanol–water partition coefficient (Wildman–Crippen LogP) is 3.79.